The van der Waals surface area contributed by atoms with Gasteiger partial charge in [-0.3, -0.25) is 9.97 Å². The van der Waals surface area contributed by atoms with Crippen LogP contribution in [0.25, 0.3) is 55.7 Å². The van der Waals surface area contributed by atoms with Crippen LogP contribution in [0.1, 0.15) is 74.3 Å². The number of imidazole rings is 1. The van der Waals surface area contributed by atoms with Crippen molar-refractivity contribution in [2.24, 2.45) is 5.92 Å². The van der Waals surface area contributed by atoms with Crippen molar-refractivity contribution in [2.75, 3.05) is 0 Å². The third kappa shape index (κ3) is 9.01. The predicted octanol–water partition coefficient (Wildman–Crippen LogP) is 11.9. The van der Waals surface area contributed by atoms with Crippen LogP contribution in [0.15, 0.2) is 108 Å². The van der Waals surface area contributed by atoms with E-state index in [1.54, 1.807) is 9.96 Å². The van der Waals surface area contributed by atoms with Crippen LogP contribution in [0.3, 0.4) is 0 Å². The van der Waals surface area contributed by atoms with E-state index in [1.165, 1.54) is 44.1 Å². The Hall–Kier alpha value is -4.43. The Morgan fingerprint density at radius 2 is 1.63 bits per heavy atom. The van der Waals surface area contributed by atoms with Crippen molar-refractivity contribution in [3.63, 3.8) is 0 Å². The van der Waals surface area contributed by atoms with Crippen LogP contribution in [-0.2, 0) is 33.1 Å². The van der Waals surface area contributed by atoms with Crippen molar-refractivity contribution >= 4 is 50.8 Å². The Morgan fingerprint density at radius 3 is 2.37 bits per heavy atom. The Bertz CT molecular complexity index is 2600. The van der Waals surface area contributed by atoms with Gasteiger partial charge in [-0.25, -0.2) is 0 Å². The first-order valence-electron chi connectivity index (χ1n) is 20.2. The molecule has 5 aromatic heterocycles. The van der Waals surface area contributed by atoms with Gasteiger partial charge in [0.25, 0.3) is 0 Å². The van der Waals surface area contributed by atoms with Gasteiger partial charge in [0.1, 0.15) is 5.58 Å². The van der Waals surface area contributed by atoms with Gasteiger partial charge < -0.3 is 14.0 Å². The molecule has 5 heterocycles. The first-order valence-corrected chi connectivity index (χ1v) is 27.5. The fraction of sp³-hybridized carbons (Fsp3) is 0.306. The fourth-order valence-corrected chi connectivity index (χ4v) is 11.5. The number of pyridine rings is 3. The SMILES string of the molecule is Cc1cccc2oc3[c-]c(-c4nc5cc(C(C)C)ncc5n4Cc4ccccc4)cnc3c12.[CH3][Ge]([CH3])([CH3])[c]1cnc(-c2[c-]cccc2)cc1CC1CCCCC1.[Ir]. The van der Waals surface area contributed by atoms with E-state index in [0.717, 1.165) is 67.3 Å². The Kier molecular flexibility index (Phi) is 12.6. The maximum absolute atomic E-state index is 6.11. The minimum atomic E-state index is -1.89. The van der Waals surface area contributed by atoms with E-state index in [9.17, 15) is 0 Å². The number of hydrogen-bond donors (Lipinski definition) is 0. The molecule has 0 saturated heterocycles. The maximum atomic E-state index is 6.11. The monoisotopic (exact) mass is 992 g/mol. The van der Waals surface area contributed by atoms with Gasteiger partial charge in [-0.15, -0.1) is 0 Å². The molecule has 57 heavy (non-hydrogen) atoms. The molecule has 0 bridgehead atoms. The summed E-state index contributed by atoms with van der Waals surface area (Å²) < 4.78 is 9.89. The van der Waals surface area contributed by atoms with Gasteiger partial charge in [-0.05, 0) is 36.1 Å². The normalized spacial score (nSPS) is 13.5. The van der Waals surface area contributed by atoms with E-state index in [4.69, 9.17) is 24.4 Å². The topological polar surface area (TPSA) is 69.6 Å². The Balaban J connectivity index is 0.000000183. The average Bonchev–Trinajstić information content (AvgIpc) is 3.77. The number of hydrogen-bond acceptors (Lipinski definition) is 5. The fourth-order valence-electron chi connectivity index (χ4n) is 8.14. The Morgan fingerprint density at radius 1 is 0.842 bits per heavy atom. The van der Waals surface area contributed by atoms with Crippen molar-refractivity contribution in [1.82, 2.24) is 24.5 Å². The molecule has 1 fully saturated rings. The van der Waals surface area contributed by atoms with E-state index in [2.05, 4.69) is 116 Å². The summed E-state index contributed by atoms with van der Waals surface area (Å²) in [5.74, 6) is 9.46. The summed E-state index contributed by atoms with van der Waals surface area (Å²) in [4.78, 5) is 19.3. The van der Waals surface area contributed by atoms with Crippen LogP contribution in [0.2, 0.25) is 17.3 Å². The molecule has 0 atom stereocenters. The zero-order chi connectivity index (χ0) is 38.8. The predicted molar refractivity (Wildman–Crippen MR) is 233 cm³/mol. The van der Waals surface area contributed by atoms with Crippen molar-refractivity contribution < 1.29 is 24.5 Å². The summed E-state index contributed by atoms with van der Waals surface area (Å²) in [5, 5.41) is 1.04. The first kappa shape index (κ1) is 40.8. The molecule has 3 aromatic carbocycles. The van der Waals surface area contributed by atoms with Crippen LogP contribution in [0.5, 0.6) is 0 Å². The van der Waals surface area contributed by atoms with E-state index in [-0.39, 0.29) is 20.1 Å². The van der Waals surface area contributed by atoms with Gasteiger partial charge in [0.2, 0.25) is 0 Å². The number of aromatic nitrogens is 5. The standard InChI is InChI=1S/C28H23N4O.C21H28GeN.Ir/c1-17(2)21-13-22-23(15-29-21)32(16-19-9-5-4-6-10-19)28(31-22)20-12-25-27(30-14-20)26-18(3)8-7-11-24(26)33-25;1-22(2,3)20-16-23-21(18-12-8-5-9-13-18)15-19(20)14-17-10-6-4-7-11-17;/h4-11,13-15,17H,16H2,1-3H3;5,8-9,12,15-17H,4,6-7,10-11,14H2,1-3H3;/q2*-1;. The first-order chi connectivity index (χ1) is 27.1. The maximum Gasteiger partial charge on any atom is 0 e. The molecule has 0 spiro atoms. The summed E-state index contributed by atoms with van der Waals surface area (Å²) >= 11 is -1.89. The molecule has 1 saturated carbocycles. The van der Waals surface area contributed by atoms with Crippen LogP contribution in [0.4, 0.5) is 0 Å². The van der Waals surface area contributed by atoms with E-state index < -0.39 is 13.3 Å². The molecule has 1 aliphatic rings. The largest absolute Gasteiger partial charge is 0 e. The number of aryl methyl sites for hydroxylation is 1. The second-order valence-electron chi connectivity index (χ2n) is 16.7. The summed E-state index contributed by atoms with van der Waals surface area (Å²) in [5.41, 5.74) is 12.2. The number of benzene rings is 3. The van der Waals surface area contributed by atoms with Crippen LogP contribution >= 0.6 is 0 Å². The molecule has 9 rings (SSSR count). The van der Waals surface area contributed by atoms with Gasteiger partial charge in [-0.1, -0.05) is 74.1 Å². The number of fused-ring (bicyclic) bond motifs is 4. The molecule has 6 nitrogen and oxygen atoms in total. The third-order valence-corrected chi connectivity index (χ3v) is 15.5. The molecular weight excluding hydrogens is 939 g/mol. The van der Waals surface area contributed by atoms with Crippen molar-refractivity contribution in [2.45, 2.75) is 89.0 Å². The van der Waals surface area contributed by atoms with E-state index in [0.29, 0.717) is 18.0 Å². The number of furan rings is 1. The summed E-state index contributed by atoms with van der Waals surface area (Å²) in [6.07, 6.45) is 14.3. The number of rotatable bonds is 8. The van der Waals surface area contributed by atoms with Crippen LogP contribution in [-0.4, -0.2) is 37.8 Å². The number of nitrogens with zero attached hydrogens (tertiary/aromatic N) is 5. The molecule has 1 aliphatic carbocycles. The molecule has 8 aromatic rings. The van der Waals surface area contributed by atoms with Gasteiger partial charge in [0.05, 0.1) is 28.6 Å². The van der Waals surface area contributed by atoms with Gasteiger partial charge >= 0.3 is 144 Å². The van der Waals surface area contributed by atoms with Crippen LogP contribution in [0, 0.1) is 25.0 Å². The van der Waals surface area contributed by atoms with Gasteiger partial charge in [0, 0.05) is 43.2 Å². The van der Waals surface area contributed by atoms with Crippen LogP contribution < -0.4 is 4.40 Å². The average molecular weight is 991 g/mol. The minimum Gasteiger partial charge on any atom is 0 e. The molecule has 8 heteroatoms. The van der Waals surface area contributed by atoms with E-state index >= 15 is 0 Å². The smallest absolute Gasteiger partial charge is 0 e. The third-order valence-electron chi connectivity index (χ3n) is 11.2. The van der Waals surface area contributed by atoms with Crippen molar-refractivity contribution in [3.8, 4) is 22.6 Å². The quantitative estimate of drug-likeness (QED) is 0.112. The second-order valence-corrected chi connectivity index (χ2v) is 27.3. The van der Waals surface area contributed by atoms with E-state index in [1.807, 2.05) is 42.7 Å². The van der Waals surface area contributed by atoms with Crippen molar-refractivity contribution in [3.05, 3.63) is 138 Å². The molecule has 293 valence electrons. The molecule has 0 aliphatic heterocycles. The van der Waals surface area contributed by atoms with Gasteiger partial charge in [-0.2, -0.15) is 0 Å². The summed E-state index contributed by atoms with van der Waals surface area (Å²) in [6, 6.07) is 35.9. The molecular formula is C49H51GeIrN5O-2. The van der Waals surface area contributed by atoms with Gasteiger partial charge in [0.15, 0.2) is 0 Å². The second kappa shape index (κ2) is 17.6. The molecule has 0 amide bonds. The summed E-state index contributed by atoms with van der Waals surface area (Å²) in [6.45, 7) is 7.04. The molecule has 0 unspecified atom stereocenters. The molecule has 0 N–H and O–H groups in total. The van der Waals surface area contributed by atoms with Crippen molar-refractivity contribution in [1.29, 1.82) is 0 Å². The minimum absolute atomic E-state index is 0. The summed E-state index contributed by atoms with van der Waals surface area (Å²) in [7, 11) is 0. The Labute approximate surface area is 353 Å². The zero-order valence-corrected chi connectivity index (χ0v) is 38.4. The molecule has 1 radical (unpaired) electrons. The zero-order valence-electron chi connectivity index (χ0n) is 33.9.